The van der Waals surface area contributed by atoms with Gasteiger partial charge in [0.15, 0.2) is 0 Å². The van der Waals surface area contributed by atoms with Crippen LogP contribution in [0.25, 0.3) is 10.8 Å². The summed E-state index contributed by atoms with van der Waals surface area (Å²) in [5.41, 5.74) is -1.08. The largest absolute Gasteiger partial charge is 0.389 e. The van der Waals surface area contributed by atoms with Crippen molar-refractivity contribution in [2.45, 2.75) is 31.3 Å². The summed E-state index contributed by atoms with van der Waals surface area (Å²) in [5.74, 6) is -0.0446. The minimum absolute atomic E-state index is 0.0141. The van der Waals surface area contributed by atoms with Gasteiger partial charge >= 0.3 is 0 Å². The van der Waals surface area contributed by atoms with Crippen LogP contribution in [-0.4, -0.2) is 25.7 Å². The molecule has 2 aromatic carbocycles. The Bertz CT molecular complexity index is 736. The second-order valence-electron chi connectivity index (χ2n) is 5.85. The zero-order chi connectivity index (χ0) is 15.7. The standard InChI is InChI=1S/C16H21NO3S/c1-12(2)16(3,18)11-17-21(19,20)15-9-8-13-6-4-5-7-14(13)10-15/h4-10,12,17-18H,11H2,1-3H3. The second kappa shape index (κ2) is 5.75. The first-order chi connectivity index (χ1) is 9.72. The van der Waals surface area contributed by atoms with Crippen LogP contribution >= 0.6 is 0 Å². The average molecular weight is 307 g/mol. The van der Waals surface area contributed by atoms with Crippen molar-refractivity contribution in [2.75, 3.05) is 6.54 Å². The summed E-state index contributed by atoms with van der Waals surface area (Å²) in [6, 6.07) is 12.6. The van der Waals surface area contributed by atoms with Crippen molar-refractivity contribution in [2.24, 2.45) is 5.92 Å². The maximum Gasteiger partial charge on any atom is 0.240 e. The molecule has 0 heterocycles. The molecule has 0 amide bonds. The third-order valence-corrected chi connectivity index (χ3v) is 5.29. The second-order valence-corrected chi connectivity index (χ2v) is 7.61. The van der Waals surface area contributed by atoms with Crippen molar-refractivity contribution in [1.82, 2.24) is 4.72 Å². The molecule has 2 rings (SSSR count). The van der Waals surface area contributed by atoms with E-state index >= 15 is 0 Å². The van der Waals surface area contributed by atoms with Crippen LogP contribution in [0.15, 0.2) is 47.4 Å². The Balaban J connectivity index is 2.25. The van der Waals surface area contributed by atoms with Gasteiger partial charge in [-0.25, -0.2) is 13.1 Å². The Kier molecular flexibility index (Phi) is 4.37. The number of hydrogen-bond acceptors (Lipinski definition) is 3. The fraction of sp³-hybridized carbons (Fsp3) is 0.375. The minimum Gasteiger partial charge on any atom is -0.389 e. The summed E-state index contributed by atoms with van der Waals surface area (Å²) in [4.78, 5) is 0.209. The van der Waals surface area contributed by atoms with E-state index < -0.39 is 15.6 Å². The number of rotatable bonds is 5. The summed E-state index contributed by atoms with van der Waals surface area (Å²) in [6.45, 7) is 5.31. The van der Waals surface area contributed by atoms with E-state index in [4.69, 9.17) is 0 Å². The van der Waals surface area contributed by atoms with E-state index in [1.54, 1.807) is 25.1 Å². The smallest absolute Gasteiger partial charge is 0.240 e. The molecule has 2 aromatic rings. The summed E-state index contributed by atoms with van der Waals surface area (Å²) in [5, 5.41) is 12.0. The Morgan fingerprint density at radius 3 is 2.38 bits per heavy atom. The highest BCUT2D eigenvalue weighted by Crippen LogP contribution is 2.20. The quantitative estimate of drug-likeness (QED) is 0.892. The van der Waals surface area contributed by atoms with Crippen molar-refractivity contribution in [3.8, 4) is 0 Å². The van der Waals surface area contributed by atoms with Crippen molar-refractivity contribution in [3.05, 3.63) is 42.5 Å². The summed E-state index contributed by atoms with van der Waals surface area (Å²) in [6.07, 6.45) is 0. The summed E-state index contributed by atoms with van der Waals surface area (Å²) in [7, 11) is -3.63. The van der Waals surface area contributed by atoms with Gasteiger partial charge in [-0.1, -0.05) is 44.2 Å². The summed E-state index contributed by atoms with van der Waals surface area (Å²) >= 11 is 0. The van der Waals surface area contributed by atoms with Gasteiger partial charge in [0.05, 0.1) is 10.5 Å². The molecule has 0 saturated carbocycles. The third kappa shape index (κ3) is 3.61. The van der Waals surface area contributed by atoms with Crippen LogP contribution in [0.5, 0.6) is 0 Å². The van der Waals surface area contributed by atoms with E-state index in [-0.39, 0.29) is 17.4 Å². The van der Waals surface area contributed by atoms with Gasteiger partial charge in [0, 0.05) is 6.54 Å². The van der Waals surface area contributed by atoms with Gasteiger partial charge in [-0.2, -0.15) is 0 Å². The van der Waals surface area contributed by atoms with E-state index in [2.05, 4.69) is 4.72 Å². The average Bonchev–Trinajstić information content (AvgIpc) is 2.45. The molecule has 0 aliphatic rings. The number of hydrogen-bond donors (Lipinski definition) is 2. The molecule has 0 bridgehead atoms. The molecule has 0 aromatic heterocycles. The van der Waals surface area contributed by atoms with Crippen LogP contribution in [0.3, 0.4) is 0 Å². The number of nitrogens with one attached hydrogen (secondary N) is 1. The van der Waals surface area contributed by atoms with Crippen molar-refractivity contribution in [1.29, 1.82) is 0 Å². The zero-order valence-corrected chi connectivity index (χ0v) is 13.3. The molecule has 0 saturated heterocycles. The minimum atomic E-state index is -3.63. The molecule has 1 atom stereocenters. The van der Waals surface area contributed by atoms with Gasteiger partial charge in [-0.3, -0.25) is 0 Å². The lowest BCUT2D eigenvalue weighted by atomic mass is 9.93. The molecule has 0 aliphatic heterocycles. The number of sulfonamides is 1. The Morgan fingerprint density at radius 2 is 1.76 bits per heavy atom. The van der Waals surface area contributed by atoms with Crippen LogP contribution in [0.1, 0.15) is 20.8 Å². The van der Waals surface area contributed by atoms with E-state index in [0.29, 0.717) is 0 Å². The number of fused-ring (bicyclic) bond motifs is 1. The van der Waals surface area contributed by atoms with Gasteiger partial charge < -0.3 is 5.11 Å². The fourth-order valence-electron chi connectivity index (χ4n) is 1.86. The monoisotopic (exact) mass is 307 g/mol. The molecular weight excluding hydrogens is 286 g/mol. The number of aliphatic hydroxyl groups is 1. The lowest BCUT2D eigenvalue weighted by molar-refractivity contribution is 0.0190. The third-order valence-electron chi connectivity index (χ3n) is 3.90. The first-order valence-corrected chi connectivity index (χ1v) is 8.41. The Morgan fingerprint density at radius 1 is 1.14 bits per heavy atom. The van der Waals surface area contributed by atoms with Crippen LogP contribution in [0.4, 0.5) is 0 Å². The molecule has 5 heteroatoms. The Hall–Kier alpha value is -1.43. The van der Waals surface area contributed by atoms with E-state index in [1.807, 2.05) is 38.1 Å². The molecule has 2 N–H and O–H groups in total. The van der Waals surface area contributed by atoms with Gasteiger partial charge in [-0.15, -0.1) is 0 Å². The van der Waals surface area contributed by atoms with Gasteiger partial charge in [0.1, 0.15) is 0 Å². The molecule has 0 fully saturated rings. The van der Waals surface area contributed by atoms with Crippen LogP contribution in [-0.2, 0) is 10.0 Å². The molecular formula is C16H21NO3S. The highest BCUT2D eigenvalue weighted by atomic mass is 32.2. The first-order valence-electron chi connectivity index (χ1n) is 6.93. The molecule has 0 radical (unpaired) electrons. The van der Waals surface area contributed by atoms with Crippen LogP contribution in [0.2, 0.25) is 0 Å². The Labute approximate surface area is 125 Å². The van der Waals surface area contributed by atoms with Crippen molar-refractivity contribution >= 4 is 20.8 Å². The number of benzene rings is 2. The molecule has 21 heavy (non-hydrogen) atoms. The normalized spacial score (nSPS) is 15.3. The molecule has 4 nitrogen and oxygen atoms in total. The van der Waals surface area contributed by atoms with Gasteiger partial charge in [0.25, 0.3) is 0 Å². The van der Waals surface area contributed by atoms with Crippen molar-refractivity contribution in [3.63, 3.8) is 0 Å². The highest BCUT2D eigenvalue weighted by Gasteiger charge is 2.27. The SMILES string of the molecule is CC(C)C(C)(O)CNS(=O)(=O)c1ccc2ccccc2c1. The van der Waals surface area contributed by atoms with Crippen LogP contribution in [0, 0.1) is 5.92 Å². The van der Waals surface area contributed by atoms with E-state index in [0.717, 1.165) is 10.8 Å². The molecule has 0 aliphatic carbocycles. The molecule has 114 valence electrons. The van der Waals surface area contributed by atoms with Crippen LogP contribution < -0.4 is 4.72 Å². The predicted octanol–water partition coefficient (Wildman–Crippen LogP) is 2.53. The van der Waals surface area contributed by atoms with Crippen molar-refractivity contribution < 1.29 is 13.5 Å². The molecule has 1 unspecified atom stereocenters. The molecule has 0 spiro atoms. The highest BCUT2D eigenvalue weighted by molar-refractivity contribution is 7.89. The lowest BCUT2D eigenvalue weighted by Crippen LogP contribution is -2.44. The lowest BCUT2D eigenvalue weighted by Gasteiger charge is -2.27. The summed E-state index contributed by atoms with van der Waals surface area (Å²) < 4.78 is 27.1. The van der Waals surface area contributed by atoms with E-state index in [1.165, 1.54) is 0 Å². The van der Waals surface area contributed by atoms with Gasteiger partial charge in [-0.05, 0) is 35.7 Å². The maximum atomic E-state index is 12.3. The topological polar surface area (TPSA) is 66.4 Å². The predicted molar refractivity (Wildman–Crippen MR) is 84.6 cm³/mol. The maximum absolute atomic E-state index is 12.3. The van der Waals surface area contributed by atoms with E-state index in [9.17, 15) is 13.5 Å². The first kappa shape index (κ1) is 15.9. The van der Waals surface area contributed by atoms with Gasteiger partial charge in [0.2, 0.25) is 10.0 Å². The fourth-order valence-corrected chi connectivity index (χ4v) is 3.04. The zero-order valence-electron chi connectivity index (χ0n) is 12.5.